The van der Waals surface area contributed by atoms with Gasteiger partial charge in [0.2, 0.25) is 0 Å². The number of hydrogen-bond acceptors (Lipinski definition) is 1. The van der Waals surface area contributed by atoms with Crippen LogP contribution in [-0.4, -0.2) is 10.2 Å². The Morgan fingerprint density at radius 3 is 2.88 bits per heavy atom. The molecule has 0 saturated carbocycles. The van der Waals surface area contributed by atoms with Crippen LogP contribution < -0.4 is 0 Å². The monoisotopic (exact) mass is 228 g/mol. The third-order valence-electron chi connectivity index (χ3n) is 2.65. The average molecular weight is 228 g/mol. The Morgan fingerprint density at radius 2 is 2.25 bits per heavy atom. The first-order chi connectivity index (χ1) is 7.59. The molecule has 1 unspecified atom stereocenters. The topological polar surface area (TPSA) is 28.7 Å². The van der Waals surface area contributed by atoms with Crippen molar-refractivity contribution in [3.05, 3.63) is 35.4 Å². The summed E-state index contributed by atoms with van der Waals surface area (Å²) in [5.41, 5.74) is 0.488. The number of hydrogen-bond donors (Lipinski definition) is 1. The van der Waals surface area contributed by atoms with E-state index in [2.05, 4.69) is 10.2 Å². The van der Waals surface area contributed by atoms with Crippen LogP contribution in [0.1, 0.15) is 31.0 Å². The first kappa shape index (κ1) is 11.0. The van der Waals surface area contributed by atoms with E-state index >= 15 is 0 Å². The standard InChI is InChI=1S/C11H11F3N2/c1-6-2-3-7(4-9(6)12)8-5-15-16-10(8)11(13)14/h3-6,11H,2H2,1H3,(H,15,16). The Balaban J connectivity index is 2.36. The molecule has 5 heteroatoms. The van der Waals surface area contributed by atoms with E-state index in [4.69, 9.17) is 0 Å². The Bertz CT molecular complexity index is 446. The average Bonchev–Trinajstić information content (AvgIpc) is 2.71. The van der Waals surface area contributed by atoms with E-state index in [0.717, 1.165) is 0 Å². The van der Waals surface area contributed by atoms with Crippen molar-refractivity contribution in [3.63, 3.8) is 0 Å². The molecule has 0 amide bonds. The van der Waals surface area contributed by atoms with Gasteiger partial charge in [-0.3, -0.25) is 5.10 Å². The van der Waals surface area contributed by atoms with E-state index in [1.54, 1.807) is 13.0 Å². The van der Waals surface area contributed by atoms with Gasteiger partial charge in [-0.25, -0.2) is 13.2 Å². The zero-order valence-corrected chi connectivity index (χ0v) is 8.67. The molecule has 0 spiro atoms. The second-order valence-electron chi connectivity index (χ2n) is 3.82. The molecular formula is C11H11F3N2. The highest BCUT2D eigenvalue weighted by atomic mass is 19.3. The van der Waals surface area contributed by atoms with E-state index in [9.17, 15) is 13.2 Å². The van der Waals surface area contributed by atoms with E-state index in [1.165, 1.54) is 12.3 Å². The third-order valence-corrected chi connectivity index (χ3v) is 2.65. The summed E-state index contributed by atoms with van der Waals surface area (Å²) in [5.74, 6) is -0.454. The van der Waals surface area contributed by atoms with Gasteiger partial charge in [0.05, 0.1) is 6.20 Å². The fourth-order valence-corrected chi connectivity index (χ4v) is 1.65. The number of allylic oxidation sites excluding steroid dienone is 4. The van der Waals surface area contributed by atoms with Crippen LogP contribution >= 0.6 is 0 Å². The zero-order valence-electron chi connectivity index (χ0n) is 8.67. The molecule has 2 nitrogen and oxygen atoms in total. The van der Waals surface area contributed by atoms with E-state index in [0.29, 0.717) is 12.0 Å². The lowest BCUT2D eigenvalue weighted by atomic mass is 9.93. The molecule has 0 aliphatic heterocycles. The maximum Gasteiger partial charge on any atom is 0.280 e. The van der Waals surface area contributed by atoms with Crippen molar-refractivity contribution in [2.24, 2.45) is 5.92 Å². The molecule has 0 aromatic carbocycles. The normalized spacial score (nSPS) is 20.9. The molecule has 1 heterocycles. The largest absolute Gasteiger partial charge is 0.280 e. The van der Waals surface area contributed by atoms with Crippen molar-refractivity contribution in [2.45, 2.75) is 19.8 Å². The fourth-order valence-electron chi connectivity index (χ4n) is 1.65. The van der Waals surface area contributed by atoms with Gasteiger partial charge in [-0.2, -0.15) is 5.10 Å². The van der Waals surface area contributed by atoms with Gasteiger partial charge in [0, 0.05) is 11.5 Å². The Labute approximate surface area is 90.9 Å². The second-order valence-corrected chi connectivity index (χ2v) is 3.82. The Hall–Kier alpha value is -1.52. The summed E-state index contributed by atoms with van der Waals surface area (Å²) in [4.78, 5) is 0. The summed E-state index contributed by atoms with van der Waals surface area (Å²) in [6, 6.07) is 0. The lowest BCUT2D eigenvalue weighted by Gasteiger charge is -2.14. The number of nitrogens with zero attached hydrogens (tertiary/aromatic N) is 1. The fraction of sp³-hybridized carbons (Fsp3) is 0.364. The van der Waals surface area contributed by atoms with Gasteiger partial charge in [-0.15, -0.1) is 0 Å². The third kappa shape index (κ3) is 1.89. The zero-order chi connectivity index (χ0) is 11.7. The van der Waals surface area contributed by atoms with Crippen LogP contribution in [0.25, 0.3) is 5.57 Å². The summed E-state index contributed by atoms with van der Waals surface area (Å²) in [7, 11) is 0. The highest BCUT2D eigenvalue weighted by molar-refractivity contribution is 5.76. The molecule has 0 fully saturated rings. The van der Waals surface area contributed by atoms with Crippen molar-refractivity contribution >= 4 is 5.57 Å². The van der Waals surface area contributed by atoms with Crippen LogP contribution in [0.2, 0.25) is 0 Å². The number of rotatable bonds is 2. The maximum atomic E-state index is 13.4. The predicted octanol–water partition coefficient (Wildman–Crippen LogP) is 3.62. The minimum atomic E-state index is -2.63. The van der Waals surface area contributed by atoms with Crippen molar-refractivity contribution in [3.8, 4) is 0 Å². The summed E-state index contributed by atoms with van der Waals surface area (Å²) >= 11 is 0. The molecular weight excluding hydrogens is 217 g/mol. The van der Waals surface area contributed by atoms with Gasteiger partial charge in [-0.1, -0.05) is 13.0 Å². The van der Waals surface area contributed by atoms with Gasteiger partial charge in [0.1, 0.15) is 11.5 Å². The van der Waals surface area contributed by atoms with Crippen LogP contribution in [-0.2, 0) is 0 Å². The number of aromatic nitrogens is 2. The van der Waals surface area contributed by atoms with Crippen molar-refractivity contribution in [1.29, 1.82) is 0 Å². The van der Waals surface area contributed by atoms with E-state index in [1.807, 2.05) is 0 Å². The highest BCUT2D eigenvalue weighted by Crippen LogP contribution is 2.33. The number of halogens is 3. The van der Waals surface area contributed by atoms with E-state index < -0.39 is 6.43 Å². The molecule has 86 valence electrons. The summed E-state index contributed by atoms with van der Waals surface area (Å²) in [5, 5.41) is 5.80. The lowest BCUT2D eigenvalue weighted by molar-refractivity contribution is 0.145. The molecule has 1 aromatic heterocycles. The molecule has 1 aromatic rings. The van der Waals surface area contributed by atoms with Crippen molar-refractivity contribution < 1.29 is 13.2 Å². The Kier molecular flexibility index (Phi) is 2.85. The second kappa shape index (κ2) is 4.15. The molecule has 0 saturated heterocycles. The highest BCUT2D eigenvalue weighted by Gasteiger charge is 2.20. The number of aromatic amines is 1. The van der Waals surface area contributed by atoms with Gasteiger partial charge < -0.3 is 0 Å². The molecule has 1 N–H and O–H groups in total. The summed E-state index contributed by atoms with van der Waals surface area (Å²) < 4.78 is 38.5. The van der Waals surface area contributed by atoms with Gasteiger partial charge in [0.25, 0.3) is 6.43 Å². The van der Waals surface area contributed by atoms with Crippen LogP contribution in [0.4, 0.5) is 13.2 Å². The SMILES string of the molecule is CC1CC=C(c2cn[nH]c2C(F)F)C=C1F. The van der Waals surface area contributed by atoms with Crippen LogP contribution in [0.5, 0.6) is 0 Å². The lowest BCUT2D eigenvalue weighted by Crippen LogP contribution is -2.01. The Morgan fingerprint density at radius 1 is 1.50 bits per heavy atom. The molecule has 1 aliphatic carbocycles. The summed E-state index contributed by atoms with van der Waals surface area (Å²) in [6.07, 6.45) is 2.24. The number of H-pyrrole nitrogens is 1. The number of nitrogens with one attached hydrogen (secondary N) is 1. The molecule has 1 aliphatic rings. The molecule has 16 heavy (non-hydrogen) atoms. The quantitative estimate of drug-likeness (QED) is 0.822. The molecule has 0 radical (unpaired) electrons. The molecule has 1 atom stereocenters. The van der Waals surface area contributed by atoms with Crippen LogP contribution in [0.3, 0.4) is 0 Å². The van der Waals surface area contributed by atoms with Gasteiger partial charge in [0.15, 0.2) is 0 Å². The van der Waals surface area contributed by atoms with Gasteiger partial charge in [-0.05, 0) is 18.1 Å². The minimum Gasteiger partial charge on any atom is -0.276 e. The molecule has 0 bridgehead atoms. The minimum absolute atomic E-state index is 0.175. The summed E-state index contributed by atoms with van der Waals surface area (Å²) in [6.45, 7) is 1.75. The first-order valence-corrected chi connectivity index (χ1v) is 4.98. The number of alkyl halides is 2. The van der Waals surface area contributed by atoms with E-state index in [-0.39, 0.29) is 23.0 Å². The van der Waals surface area contributed by atoms with Crippen LogP contribution in [0.15, 0.2) is 24.2 Å². The maximum absolute atomic E-state index is 13.4. The van der Waals surface area contributed by atoms with Crippen LogP contribution in [0, 0.1) is 5.92 Å². The van der Waals surface area contributed by atoms with Crippen molar-refractivity contribution in [2.75, 3.05) is 0 Å². The predicted molar refractivity (Wildman–Crippen MR) is 54.5 cm³/mol. The van der Waals surface area contributed by atoms with Crippen molar-refractivity contribution in [1.82, 2.24) is 10.2 Å². The first-order valence-electron chi connectivity index (χ1n) is 4.98. The molecule has 2 rings (SSSR count). The smallest absolute Gasteiger partial charge is 0.276 e. The van der Waals surface area contributed by atoms with Gasteiger partial charge >= 0.3 is 0 Å².